The van der Waals surface area contributed by atoms with Crippen LogP contribution in [0.4, 0.5) is 11.5 Å². The first-order chi connectivity index (χ1) is 15.1. The number of aromatic nitrogens is 1. The largest absolute Gasteiger partial charge is 0.490 e. The molecule has 7 nitrogen and oxygen atoms in total. The molecule has 2 aromatic rings. The van der Waals surface area contributed by atoms with Crippen LogP contribution in [0.25, 0.3) is 0 Å². The zero-order valence-electron chi connectivity index (χ0n) is 19.4. The molecule has 1 N–H and O–H groups in total. The molecule has 0 saturated carbocycles. The molecule has 1 aromatic carbocycles. The van der Waals surface area contributed by atoms with Crippen molar-refractivity contribution in [3.8, 4) is 17.2 Å². The number of nitrogens with one attached hydrogen (secondary N) is 1. The lowest BCUT2D eigenvalue weighted by atomic mass is 10.1. The molecule has 0 aliphatic rings. The zero-order valence-corrected chi connectivity index (χ0v) is 19.4. The summed E-state index contributed by atoms with van der Waals surface area (Å²) in [5, 5.41) is 2.91. The highest BCUT2D eigenvalue weighted by atomic mass is 16.5. The number of amides is 1. The SMILES string of the molecule is CCCN(CCC)c1ccc(NC(=O)c2cc(OCC)c(OCC)c(OCC)c2)cn1. The first-order valence-electron chi connectivity index (χ1n) is 11.2. The fourth-order valence-electron chi connectivity index (χ4n) is 3.25. The normalized spacial score (nSPS) is 10.5. The Morgan fingerprint density at radius 2 is 1.48 bits per heavy atom. The van der Waals surface area contributed by atoms with Gasteiger partial charge in [0.05, 0.1) is 31.7 Å². The number of anilines is 2. The second-order valence-electron chi connectivity index (χ2n) is 6.95. The van der Waals surface area contributed by atoms with Crippen molar-refractivity contribution >= 4 is 17.4 Å². The van der Waals surface area contributed by atoms with Gasteiger partial charge in [-0.25, -0.2) is 4.98 Å². The number of nitrogens with zero attached hydrogens (tertiary/aromatic N) is 2. The summed E-state index contributed by atoms with van der Waals surface area (Å²) < 4.78 is 17.1. The van der Waals surface area contributed by atoms with E-state index >= 15 is 0 Å². The van der Waals surface area contributed by atoms with Gasteiger partial charge in [0.25, 0.3) is 5.91 Å². The van der Waals surface area contributed by atoms with Gasteiger partial charge in [0.15, 0.2) is 11.5 Å². The summed E-state index contributed by atoms with van der Waals surface area (Å²) in [5.74, 6) is 2.15. The monoisotopic (exact) mass is 429 g/mol. The van der Waals surface area contributed by atoms with Crippen LogP contribution in [-0.4, -0.2) is 43.8 Å². The topological polar surface area (TPSA) is 72.9 Å². The van der Waals surface area contributed by atoms with Crippen molar-refractivity contribution in [2.75, 3.05) is 43.1 Å². The molecule has 0 spiro atoms. The van der Waals surface area contributed by atoms with Crippen LogP contribution in [0.1, 0.15) is 57.8 Å². The first-order valence-corrected chi connectivity index (χ1v) is 11.2. The average Bonchev–Trinajstić information content (AvgIpc) is 2.76. The van der Waals surface area contributed by atoms with Gasteiger partial charge in [0, 0.05) is 18.7 Å². The van der Waals surface area contributed by atoms with E-state index in [9.17, 15) is 4.79 Å². The van der Waals surface area contributed by atoms with Gasteiger partial charge in [-0.3, -0.25) is 4.79 Å². The Kier molecular flexibility index (Phi) is 9.94. The molecule has 0 saturated heterocycles. The maximum atomic E-state index is 12.9. The maximum Gasteiger partial charge on any atom is 0.255 e. The predicted molar refractivity (Wildman–Crippen MR) is 125 cm³/mol. The van der Waals surface area contributed by atoms with Crippen molar-refractivity contribution < 1.29 is 19.0 Å². The Morgan fingerprint density at radius 1 is 0.903 bits per heavy atom. The van der Waals surface area contributed by atoms with E-state index < -0.39 is 0 Å². The number of pyridine rings is 1. The van der Waals surface area contributed by atoms with Gasteiger partial charge in [-0.15, -0.1) is 0 Å². The summed E-state index contributed by atoms with van der Waals surface area (Å²) in [7, 11) is 0. The number of hydrogen-bond acceptors (Lipinski definition) is 6. The van der Waals surface area contributed by atoms with Gasteiger partial charge in [-0.05, 0) is 57.9 Å². The third-order valence-corrected chi connectivity index (χ3v) is 4.49. The van der Waals surface area contributed by atoms with E-state index in [1.165, 1.54) is 0 Å². The van der Waals surface area contributed by atoms with Crippen LogP contribution in [0.2, 0.25) is 0 Å². The number of benzene rings is 1. The molecule has 7 heteroatoms. The Hall–Kier alpha value is -2.96. The fourth-order valence-corrected chi connectivity index (χ4v) is 3.25. The van der Waals surface area contributed by atoms with Crippen LogP contribution >= 0.6 is 0 Å². The van der Waals surface area contributed by atoms with Crippen molar-refractivity contribution in [3.63, 3.8) is 0 Å². The van der Waals surface area contributed by atoms with E-state index in [2.05, 4.69) is 29.0 Å². The quantitative estimate of drug-likeness (QED) is 0.474. The summed E-state index contributed by atoms with van der Waals surface area (Å²) in [5.41, 5.74) is 1.06. The van der Waals surface area contributed by atoms with E-state index in [1.54, 1.807) is 18.3 Å². The van der Waals surface area contributed by atoms with E-state index in [0.29, 0.717) is 48.3 Å². The minimum atomic E-state index is -0.265. The van der Waals surface area contributed by atoms with Crippen LogP contribution in [0.3, 0.4) is 0 Å². The number of ether oxygens (including phenoxy) is 3. The highest BCUT2D eigenvalue weighted by Crippen LogP contribution is 2.39. The van der Waals surface area contributed by atoms with E-state index in [0.717, 1.165) is 31.7 Å². The maximum absolute atomic E-state index is 12.9. The second-order valence-corrected chi connectivity index (χ2v) is 6.95. The molecule has 0 fully saturated rings. The number of carbonyl (C=O) groups is 1. The molecular formula is C24H35N3O4. The van der Waals surface area contributed by atoms with Crippen molar-refractivity contribution in [2.45, 2.75) is 47.5 Å². The van der Waals surface area contributed by atoms with Crippen molar-refractivity contribution in [1.82, 2.24) is 4.98 Å². The number of carbonyl (C=O) groups excluding carboxylic acids is 1. The molecule has 0 aliphatic heterocycles. The average molecular weight is 430 g/mol. The molecule has 1 aromatic heterocycles. The van der Waals surface area contributed by atoms with Gasteiger partial charge in [0.1, 0.15) is 5.82 Å². The fraction of sp³-hybridized carbons (Fsp3) is 0.500. The third-order valence-electron chi connectivity index (χ3n) is 4.49. The van der Waals surface area contributed by atoms with Gasteiger partial charge in [0.2, 0.25) is 5.75 Å². The molecule has 0 radical (unpaired) electrons. The molecule has 1 heterocycles. The van der Waals surface area contributed by atoms with Crippen LogP contribution in [0.15, 0.2) is 30.5 Å². The standard InChI is InChI=1S/C24H35N3O4/c1-6-13-27(14-7-2)22-12-11-19(17-25-22)26-24(28)18-15-20(29-8-3)23(31-10-5)21(16-18)30-9-4/h11-12,15-17H,6-10,13-14H2,1-5H3,(H,26,28). The number of rotatable bonds is 13. The van der Waals surface area contributed by atoms with Crippen LogP contribution in [0.5, 0.6) is 17.2 Å². The highest BCUT2D eigenvalue weighted by Gasteiger charge is 2.18. The van der Waals surface area contributed by atoms with E-state index in [4.69, 9.17) is 14.2 Å². The lowest BCUT2D eigenvalue weighted by Crippen LogP contribution is -2.25. The third kappa shape index (κ3) is 6.77. The Morgan fingerprint density at radius 3 is 1.94 bits per heavy atom. The molecule has 170 valence electrons. The minimum absolute atomic E-state index is 0.265. The van der Waals surface area contributed by atoms with Gasteiger partial charge in [-0.2, -0.15) is 0 Å². The van der Waals surface area contributed by atoms with Crippen molar-refractivity contribution in [2.24, 2.45) is 0 Å². The van der Waals surface area contributed by atoms with Crippen LogP contribution in [0, 0.1) is 0 Å². The molecule has 1 amide bonds. The zero-order chi connectivity index (χ0) is 22.6. The smallest absolute Gasteiger partial charge is 0.255 e. The first kappa shape index (κ1) is 24.3. The lowest BCUT2D eigenvalue weighted by Gasteiger charge is -2.22. The molecule has 0 bridgehead atoms. The molecule has 2 rings (SSSR count). The Balaban J connectivity index is 2.24. The van der Waals surface area contributed by atoms with Gasteiger partial charge in [-0.1, -0.05) is 13.8 Å². The summed E-state index contributed by atoms with van der Waals surface area (Å²) in [4.78, 5) is 19.7. The molecular weight excluding hydrogens is 394 g/mol. The molecule has 31 heavy (non-hydrogen) atoms. The van der Waals surface area contributed by atoms with Crippen LogP contribution in [-0.2, 0) is 0 Å². The number of hydrogen-bond donors (Lipinski definition) is 1. The van der Waals surface area contributed by atoms with Crippen LogP contribution < -0.4 is 24.4 Å². The Bertz CT molecular complexity index is 791. The van der Waals surface area contributed by atoms with Gasteiger partial charge < -0.3 is 24.4 Å². The van der Waals surface area contributed by atoms with Crippen molar-refractivity contribution in [3.05, 3.63) is 36.0 Å². The molecule has 0 aliphatic carbocycles. The predicted octanol–water partition coefficient (Wildman–Crippen LogP) is 5.16. The summed E-state index contributed by atoms with van der Waals surface area (Å²) in [6.07, 6.45) is 3.80. The van der Waals surface area contributed by atoms with Gasteiger partial charge >= 0.3 is 0 Å². The second kappa shape index (κ2) is 12.7. The molecule has 0 unspecified atom stereocenters. The highest BCUT2D eigenvalue weighted by molar-refractivity contribution is 6.05. The molecule has 0 atom stereocenters. The minimum Gasteiger partial charge on any atom is -0.490 e. The summed E-state index contributed by atoms with van der Waals surface area (Å²) in [6.45, 7) is 13.3. The van der Waals surface area contributed by atoms with Crippen molar-refractivity contribution in [1.29, 1.82) is 0 Å². The summed E-state index contributed by atoms with van der Waals surface area (Å²) >= 11 is 0. The van der Waals surface area contributed by atoms with E-state index in [-0.39, 0.29) is 5.91 Å². The van der Waals surface area contributed by atoms with E-state index in [1.807, 2.05) is 32.9 Å². The summed E-state index contributed by atoms with van der Waals surface area (Å²) in [6, 6.07) is 7.17. The Labute approximate surface area is 185 Å². The lowest BCUT2D eigenvalue weighted by molar-refractivity contribution is 0.102.